The summed E-state index contributed by atoms with van der Waals surface area (Å²) in [6, 6.07) is 4.05. The SMILES string of the molecule is COc1cc(C)c(-c2ncoc2CN)cc1C. The van der Waals surface area contributed by atoms with Crippen molar-refractivity contribution in [1.29, 1.82) is 0 Å². The van der Waals surface area contributed by atoms with E-state index in [1.165, 1.54) is 6.39 Å². The van der Waals surface area contributed by atoms with Gasteiger partial charge >= 0.3 is 0 Å². The average Bonchev–Trinajstić information content (AvgIpc) is 2.79. The number of oxazole rings is 1. The second-order valence-corrected chi connectivity index (χ2v) is 3.97. The van der Waals surface area contributed by atoms with Gasteiger partial charge in [0, 0.05) is 5.56 Å². The van der Waals surface area contributed by atoms with Crippen LogP contribution in [0.4, 0.5) is 0 Å². The largest absolute Gasteiger partial charge is 0.496 e. The highest BCUT2D eigenvalue weighted by molar-refractivity contribution is 5.67. The third-order valence-corrected chi connectivity index (χ3v) is 2.82. The van der Waals surface area contributed by atoms with Gasteiger partial charge in [-0.15, -0.1) is 0 Å². The molecule has 0 aliphatic carbocycles. The van der Waals surface area contributed by atoms with Crippen molar-refractivity contribution < 1.29 is 9.15 Å². The Morgan fingerprint density at radius 1 is 1.29 bits per heavy atom. The summed E-state index contributed by atoms with van der Waals surface area (Å²) < 4.78 is 10.5. The summed E-state index contributed by atoms with van der Waals surface area (Å²) in [4.78, 5) is 4.23. The fourth-order valence-electron chi connectivity index (χ4n) is 1.90. The molecule has 0 saturated carbocycles. The minimum atomic E-state index is 0.347. The van der Waals surface area contributed by atoms with Gasteiger partial charge in [0.15, 0.2) is 6.39 Å². The van der Waals surface area contributed by atoms with Crippen LogP contribution in [0.5, 0.6) is 5.75 Å². The molecule has 0 fully saturated rings. The number of nitrogens with zero attached hydrogens (tertiary/aromatic N) is 1. The number of aromatic nitrogens is 1. The van der Waals surface area contributed by atoms with Crippen molar-refractivity contribution >= 4 is 0 Å². The molecular formula is C13H16N2O2. The molecule has 2 rings (SSSR count). The molecule has 1 aromatic carbocycles. The Hall–Kier alpha value is -1.81. The molecule has 1 heterocycles. The van der Waals surface area contributed by atoms with Crippen molar-refractivity contribution in [3.63, 3.8) is 0 Å². The van der Waals surface area contributed by atoms with Crippen molar-refractivity contribution in [2.24, 2.45) is 5.73 Å². The first-order valence-corrected chi connectivity index (χ1v) is 5.45. The molecule has 0 atom stereocenters. The maximum atomic E-state index is 5.62. The summed E-state index contributed by atoms with van der Waals surface area (Å²) in [5, 5.41) is 0. The number of nitrogens with two attached hydrogens (primary N) is 1. The summed E-state index contributed by atoms with van der Waals surface area (Å²) in [7, 11) is 1.67. The molecule has 17 heavy (non-hydrogen) atoms. The van der Waals surface area contributed by atoms with E-state index in [0.717, 1.165) is 28.1 Å². The van der Waals surface area contributed by atoms with Gasteiger partial charge in [-0.3, -0.25) is 0 Å². The average molecular weight is 232 g/mol. The molecule has 4 heteroatoms. The Kier molecular flexibility index (Phi) is 3.15. The number of hydrogen-bond acceptors (Lipinski definition) is 4. The van der Waals surface area contributed by atoms with Gasteiger partial charge in [0.2, 0.25) is 0 Å². The second-order valence-electron chi connectivity index (χ2n) is 3.97. The van der Waals surface area contributed by atoms with Crippen LogP contribution in [-0.2, 0) is 6.54 Å². The molecule has 1 aromatic heterocycles. The van der Waals surface area contributed by atoms with Crippen molar-refractivity contribution in [3.05, 3.63) is 35.4 Å². The maximum Gasteiger partial charge on any atom is 0.181 e. The van der Waals surface area contributed by atoms with E-state index in [1.54, 1.807) is 7.11 Å². The van der Waals surface area contributed by atoms with Crippen molar-refractivity contribution in [2.75, 3.05) is 7.11 Å². The van der Waals surface area contributed by atoms with E-state index >= 15 is 0 Å². The standard InChI is InChI=1S/C13H16N2O2/c1-8-5-11(16-3)9(2)4-10(8)13-12(6-14)17-7-15-13/h4-5,7H,6,14H2,1-3H3. The zero-order valence-corrected chi connectivity index (χ0v) is 10.3. The van der Waals surface area contributed by atoms with Crippen LogP contribution < -0.4 is 10.5 Å². The summed E-state index contributed by atoms with van der Waals surface area (Å²) in [6.07, 6.45) is 1.43. The predicted molar refractivity (Wildman–Crippen MR) is 65.9 cm³/mol. The minimum absolute atomic E-state index is 0.347. The number of ether oxygens (including phenoxy) is 1. The van der Waals surface area contributed by atoms with Gasteiger partial charge in [0.1, 0.15) is 17.2 Å². The van der Waals surface area contributed by atoms with Gasteiger partial charge in [0.25, 0.3) is 0 Å². The summed E-state index contributed by atoms with van der Waals surface area (Å²) >= 11 is 0. The topological polar surface area (TPSA) is 61.3 Å². The van der Waals surface area contributed by atoms with E-state index < -0.39 is 0 Å². The normalized spacial score (nSPS) is 10.6. The smallest absolute Gasteiger partial charge is 0.181 e. The summed E-state index contributed by atoms with van der Waals surface area (Å²) in [5.74, 6) is 1.58. The maximum absolute atomic E-state index is 5.62. The third-order valence-electron chi connectivity index (χ3n) is 2.82. The van der Waals surface area contributed by atoms with Gasteiger partial charge in [0.05, 0.1) is 13.7 Å². The number of aryl methyl sites for hydroxylation is 2. The van der Waals surface area contributed by atoms with E-state index in [0.29, 0.717) is 12.3 Å². The first kappa shape index (κ1) is 11.7. The van der Waals surface area contributed by atoms with Crippen LogP contribution in [0.15, 0.2) is 22.9 Å². The lowest BCUT2D eigenvalue weighted by Gasteiger charge is -2.10. The molecule has 90 valence electrons. The fraction of sp³-hybridized carbons (Fsp3) is 0.308. The van der Waals surface area contributed by atoms with E-state index in [-0.39, 0.29) is 0 Å². The first-order chi connectivity index (χ1) is 8.17. The Morgan fingerprint density at radius 2 is 2.06 bits per heavy atom. The Morgan fingerprint density at radius 3 is 2.71 bits per heavy atom. The van der Waals surface area contributed by atoms with Crippen molar-refractivity contribution in [1.82, 2.24) is 4.98 Å². The van der Waals surface area contributed by atoms with Crippen LogP contribution >= 0.6 is 0 Å². The lowest BCUT2D eigenvalue weighted by molar-refractivity contribution is 0.411. The highest BCUT2D eigenvalue weighted by Gasteiger charge is 2.13. The second kappa shape index (κ2) is 4.59. The van der Waals surface area contributed by atoms with Crippen molar-refractivity contribution in [3.8, 4) is 17.0 Å². The van der Waals surface area contributed by atoms with Gasteiger partial charge in [-0.2, -0.15) is 0 Å². The van der Waals surface area contributed by atoms with E-state index in [4.69, 9.17) is 14.9 Å². The van der Waals surface area contributed by atoms with Crippen LogP contribution in [0.1, 0.15) is 16.9 Å². The predicted octanol–water partition coefficient (Wildman–Crippen LogP) is 2.43. The number of benzene rings is 1. The zero-order chi connectivity index (χ0) is 12.4. The molecule has 0 aliphatic rings. The molecule has 0 unspecified atom stereocenters. The number of hydrogen-bond donors (Lipinski definition) is 1. The molecule has 0 amide bonds. The zero-order valence-electron chi connectivity index (χ0n) is 10.3. The monoisotopic (exact) mass is 232 g/mol. The van der Waals surface area contributed by atoms with Crippen molar-refractivity contribution in [2.45, 2.75) is 20.4 Å². The first-order valence-electron chi connectivity index (χ1n) is 5.45. The van der Waals surface area contributed by atoms with Crippen LogP contribution in [-0.4, -0.2) is 12.1 Å². The van der Waals surface area contributed by atoms with Gasteiger partial charge in [-0.05, 0) is 37.1 Å². The highest BCUT2D eigenvalue weighted by Crippen LogP contribution is 2.30. The van der Waals surface area contributed by atoms with Crippen LogP contribution in [0.2, 0.25) is 0 Å². The molecule has 0 radical (unpaired) electrons. The summed E-state index contributed by atoms with van der Waals surface area (Å²) in [6.45, 7) is 4.37. The summed E-state index contributed by atoms with van der Waals surface area (Å²) in [5.41, 5.74) is 9.64. The third kappa shape index (κ3) is 2.03. The van der Waals surface area contributed by atoms with Crippen LogP contribution in [0.3, 0.4) is 0 Å². The van der Waals surface area contributed by atoms with Crippen LogP contribution in [0, 0.1) is 13.8 Å². The Labute approximate surface area is 100 Å². The molecule has 4 nitrogen and oxygen atoms in total. The minimum Gasteiger partial charge on any atom is -0.496 e. The molecule has 0 bridgehead atoms. The highest BCUT2D eigenvalue weighted by atomic mass is 16.5. The fourth-order valence-corrected chi connectivity index (χ4v) is 1.90. The number of methoxy groups -OCH3 is 1. The molecule has 2 N–H and O–H groups in total. The number of rotatable bonds is 3. The van der Waals surface area contributed by atoms with Gasteiger partial charge in [-0.1, -0.05) is 0 Å². The van der Waals surface area contributed by atoms with E-state index in [1.807, 2.05) is 26.0 Å². The molecule has 0 spiro atoms. The lowest BCUT2D eigenvalue weighted by atomic mass is 10.0. The van der Waals surface area contributed by atoms with E-state index in [9.17, 15) is 0 Å². The quantitative estimate of drug-likeness (QED) is 0.882. The van der Waals surface area contributed by atoms with Gasteiger partial charge in [-0.25, -0.2) is 4.98 Å². The lowest BCUT2D eigenvalue weighted by Crippen LogP contribution is -1.98. The van der Waals surface area contributed by atoms with Gasteiger partial charge < -0.3 is 14.9 Å². The molecular weight excluding hydrogens is 216 g/mol. The molecule has 0 saturated heterocycles. The Bertz CT molecular complexity index is 532. The van der Waals surface area contributed by atoms with Crippen LogP contribution in [0.25, 0.3) is 11.3 Å². The molecule has 2 aromatic rings. The van der Waals surface area contributed by atoms with E-state index in [2.05, 4.69) is 4.98 Å². The molecule has 0 aliphatic heterocycles. The Balaban J connectivity index is 2.56.